The van der Waals surface area contributed by atoms with Crippen molar-refractivity contribution >= 4 is 17.2 Å². The van der Waals surface area contributed by atoms with E-state index in [-0.39, 0.29) is 11.9 Å². The summed E-state index contributed by atoms with van der Waals surface area (Å²) >= 11 is 1.47. The molecule has 1 N–H and O–H groups in total. The highest BCUT2D eigenvalue weighted by molar-refractivity contribution is 7.12. The van der Waals surface area contributed by atoms with E-state index in [1.807, 2.05) is 29.6 Å². The van der Waals surface area contributed by atoms with Gasteiger partial charge in [0.1, 0.15) is 0 Å². The molecule has 1 atom stereocenters. The number of thiophene rings is 1. The Morgan fingerprint density at radius 2 is 2.10 bits per heavy atom. The lowest BCUT2D eigenvalue weighted by molar-refractivity contribution is 0.0931. The van der Waals surface area contributed by atoms with Crippen LogP contribution in [0.1, 0.15) is 39.7 Å². The molecule has 0 spiro atoms. The van der Waals surface area contributed by atoms with Crippen molar-refractivity contribution in [2.75, 3.05) is 7.11 Å². The Bertz CT molecular complexity index is 604. The number of carbonyl (C=O) groups excluding carboxylic acids is 1. The van der Waals surface area contributed by atoms with E-state index >= 15 is 0 Å². The summed E-state index contributed by atoms with van der Waals surface area (Å²) in [6.07, 6.45) is 2.38. The Kier molecular flexibility index (Phi) is 4.36. The van der Waals surface area contributed by atoms with Crippen LogP contribution in [0, 0.1) is 5.92 Å². The molecule has 1 aromatic heterocycles. The largest absolute Gasteiger partial charge is 0.380 e. The summed E-state index contributed by atoms with van der Waals surface area (Å²) in [5.74, 6) is 0.583. The van der Waals surface area contributed by atoms with Gasteiger partial charge < -0.3 is 10.1 Å². The summed E-state index contributed by atoms with van der Waals surface area (Å²) < 4.78 is 5.15. The van der Waals surface area contributed by atoms with Crippen LogP contribution in [0.2, 0.25) is 0 Å². The third-order valence-corrected chi connectivity index (χ3v) is 4.75. The number of rotatable bonds is 6. The van der Waals surface area contributed by atoms with Gasteiger partial charge in [0.05, 0.1) is 17.5 Å². The molecule has 21 heavy (non-hydrogen) atoms. The molecule has 1 saturated carbocycles. The first-order chi connectivity index (χ1) is 10.3. The summed E-state index contributed by atoms with van der Waals surface area (Å²) in [4.78, 5) is 13.3. The number of nitrogens with one attached hydrogen (secondary N) is 1. The molecule has 3 rings (SSSR count). The normalized spacial score (nSPS) is 15.7. The molecule has 4 heteroatoms. The number of hydrogen-bond donors (Lipinski definition) is 1. The van der Waals surface area contributed by atoms with Crippen molar-refractivity contribution < 1.29 is 9.53 Å². The van der Waals surface area contributed by atoms with Gasteiger partial charge in [0.2, 0.25) is 0 Å². The van der Waals surface area contributed by atoms with Gasteiger partial charge >= 0.3 is 0 Å². The average Bonchev–Trinajstić information content (AvgIpc) is 3.25. The van der Waals surface area contributed by atoms with Gasteiger partial charge in [0.15, 0.2) is 0 Å². The van der Waals surface area contributed by atoms with E-state index in [0.717, 1.165) is 10.4 Å². The lowest BCUT2D eigenvalue weighted by Gasteiger charge is -2.18. The van der Waals surface area contributed by atoms with Crippen molar-refractivity contribution in [3.05, 3.63) is 57.8 Å². The highest BCUT2D eigenvalue weighted by atomic mass is 32.1. The number of methoxy groups -OCH3 is 1. The molecule has 3 nitrogen and oxygen atoms in total. The minimum Gasteiger partial charge on any atom is -0.380 e. The van der Waals surface area contributed by atoms with E-state index in [2.05, 4.69) is 17.4 Å². The maximum Gasteiger partial charge on any atom is 0.262 e. The van der Waals surface area contributed by atoms with Crippen LogP contribution in [0.5, 0.6) is 0 Å². The second-order valence-corrected chi connectivity index (χ2v) is 6.32. The molecule has 0 bridgehead atoms. The second-order valence-electron chi connectivity index (χ2n) is 5.41. The van der Waals surface area contributed by atoms with Crippen molar-refractivity contribution in [1.29, 1.82) is 0 Å². The summed E-state index contributed by atoms with van der Waals surface area (Å²) in [7, 11) is 1.65. The van der Waals surface area contributed by atoms with Gasteiger partial charge in [-0.25, -0.2) is 0 Å². The standard InChI is InChI=1S/C17H19NO2S/c1-20-11-14-9-10-21-16(14)17(19)18-15(13-7-8-13)12-5-3-2-4-6-12/h2-6,9-10,13,15H,7-8,11H2,1H3,(H,18,19). The van der Waals surface area contributed by atoms with Crippen LogP contribution < -0.4 is 5.32 Å². The SMILES string of the molecule is COCc1ccsc1C(=O)NC(c1ccccc1)C1CC1. The minimum absolute atomic E-state index is 0.0119. The molecule has 2 aromatic rings. The fraction of sp³-hybridized carbons (Fsp3) is 0.353. The summed E-state index contributed by atoms with van der Waals surface area (Å²) in [6.45, 7) is 0.478. The van der Waals surface area contributed by atoms with Crippen LogP contribution in [0.4, 0.5) is 0 Å². The fourth-order valence-corrected chi connectivity index (χ4v) is 3.39. The average molecular weight is 301 g/mol. The molecule has 1 fully saturated rings. The zero-order valence-electron chi connectivity index (χ0n) is 12.0. The number of hydrogen-bond acceptors (Lipinski definition) is 3. The van der Waals surface area contributed by atoms with E-state index in [1.165, 1.54) is 29.7 Å². The lowest BCUT2D eigenvalue weighted by atomic mass is 10.0. The Morgan fingerprint density at radius 1 is 1.33 bits per heavy atom. The molecule has 110 valence electrons. The highest BCUT2D eigenvalue weighted by Crippen LogP contribution is 2.41. The van der Waals surface area contributed by atoms with Crippen molar-refractivity contribution in [3.63, 3.8) is 0 Å². The van der Waals surface area contributed by atoms with Crippen molar-refractivity contribution in [1.82, 2.24) is 5.32 Å². The maximum absolute atomic E-state index is 12.6. The molecule has 1 amide bonds. The molecule has 1 aliphatic rings. The molecule has 0 radical (unpaired) electrons. The van der Waals surface area contributed by atoms with Crippen molar-refractivity contribution in [2.45, 2.75) is 25.5 Å². The van der Waals surface area contributed by atoms with Crippen LogP contribution in [-0.4, -0.2) is 13.0 Å². The lowest BCUT2D eigenvalue weighted by Crippen LogP contribution is -2.29. The molecular weight excluding hydrogens is 282 g/mol. The Balaban J connectivity index is 1.77. The Hall–Kier alpha value is -1.65. The Labute approximate surface area is 129 Å². The molecule has 1 aromatic carbocycles. The summed E-state index contributed by atoms with van der Waals surface area (Å²) in [5.41, 5.74) is 2.15. The van der Waals surface area contributed by atoms with Gasteiger partial charge in [0, 0.05) is 12.7 Å². The van der Waals surface area contributed by atoms with Crippen LogP contribution in [-0.2, 0) is 11.3 Å². The number of ether oxygens (including phenoxy) is 1. The summed E-state index contributed by atoms with van der Waals surface area (Å²) in [6, 6.07) is 12.3. The van der Waals surface area contributed by atoms with Gasteiger partial charge in [-0.05, 0) is 35.8 Å². The van der Waals surface area contributed by atoms with Crippen LogP contribution in [0.3, 0.4) is 0 Å². The smallest absolute Gasteiger partial charge is 0.262 e. The zero-order valence-corrected chi connectivity index (χ0v) is 12.9. The van der Waals surface area contributed by atoms with Gasteiger partial charge in [-0.15, -0.1) is 11.3 Å². The third kappa shape index (κ3) is 3.34. The highest BCUT2D eigenvalue weighted by Gasteiger charge is 2.33. The maximum atomic E-state index is 12.6. The van der Waals surface area contributed by atoms with Crippen LogP contribution >= 0.6 is 11.3 Å². The van der Waals surface area contributed by atoms with E-state index in [1.54, 1.807) is 7.11 Å². The minimum atomic E-state index is 0.0119. The second kappa shape index (κ2) is 6.41. The monoisotopic (exact) mass is 301 g/mol. The predicted molar refractivity (Wildman–Crippen MR) is 84.4 cm³/mol. The fourth-order valence-electron chi connectivity index (χ4n) is 2.57. The Morgan fingerprint density at radius 3 is 2.76 bits per heavy atom. The molecule has 0 aliphatic heterocycles. The van der Waals surface area contributed by atoms with E-state index in [4.69, 9.17) is 4.74 Å². The first-order valence-corrected chi connectivity index (χ1v) is 8.08. The summed E-state index contributed by atoms with van der Waals surface area (Å²) in [5, 5.41) is 5.15. The molecule has 1 aliphatic carbocycles. The topological polar surface area (TPSA) is 38.3 Å². The van der Waals surface area contributed by atoms with E-state index < -0.39 is 0 Å². The molecule has 1 heterocycles. The first kappa shape index (κ1) is 14.3. The molecule has 1 unspecified atom stereocenters. The first-order valence-electron chi connectivity index (χ1n) is 7.20. The number of benzene rings is 1. The van der Waals surface area contributed by atoms with Gasteiger partial charge in [-0.3, -0.25) is 4.79 Å². The number of carbonyl (C=O) groups is 1. The van der Waals surface area contributed by atoms with Gasteiger partial charge in [0.25, 0.3) is 5.91 Å². The van der Waals surface area contributed by atoms with E-state index in [0.29, 0.717) is 12.5 Å². The van der Waals surface area contributed by atoms with E-state index in [9.17, 15) is 4.79 Å². The van der Waals surface area contributed by atoms with Crippen molar-refractivity contribution in [3.8, 4) is 0 Å². The van der Waals surface area contributed by atoms with Crippen molar-refractivity contribution in [2.24, 2.45) is 5.92 Å². The molecular formula is C17H19NO2S. The molecule has 0 saturated heterocycles. The van der Waals surface area contributed by atoms with Crippen LogP contribution in [0.15, 0.2) is 41.8 Å². The third-order valence-electron chi connectivity index (χ3n) is 3.79. The predicted octanol–water partition coefficient (Wildman–Crippen LogP) is 3.78. The van der Waals surface area contributed by atoms with Crippen LogP contribution in [0.25, 0.3) is 0 Å². The van der Waals surface area contributed by atoms with Gasteiger partial charge in [-0.2, -0.15) is 0 Å². The quantitative estimate of drug-likeness (QED) is 0.882. The zero-order chi connectivity index (χ0) is 14.7. The number of amides is 1. The van der Waals surface area contributed by atoms with Gasteiger partial charge in [-0.1, -0.05) is 30.3 Å².